The first kappa shape index (κ1) is 19.4. The molecule has 0 aliphatic carbocycles. The molecule has 0 aliphatic heterocycles. The van der Waals surface area contributed by atoms with E-state index in [9.17, 15) is 9.59 Å². The van der Waals surface area contributed by atoms with Gasteiger partial charge >= 0.3 is 0 Å². The molecule has 6 nitrogen and oxygen atoms in total. The number of amides is 2. The smallest absolute Gasteiger partial charge is 0.253 e. The molecule has 2 aromatic carbocycles. The van der Waals surface area contributed by atoms with Crippen molar-refractivity contribution in [1.82, 2.24) is 10.3 Å². The standard InChI is InChI=1S/C22H23N3O3/c1-4-28-18-8-6-17(7-9-18)25-21(26)13-23-22(27)19-12-16-11-14(2)5-10-20(16)24-15(19)3/h5-12H,4,13H2,1-3H3,(H,23,27)(H,25,26). The number of hydrogen-bond acceptors (Lipinski definition) is 4. The zero-order chi connectivity index (χ0) is 20.1. The van der Waals surface area contributed by atoms with Crippen LogP contribution in [0.2, 0.25) is 0 Å². The van der Waals surface area contributed by atoms with Gasteiger partial charge in [0.25, 0.3) is 5.91 Å². The van der Waals surface area contributed by atoms with Crippen LogP contribution in [0.1, 0.15) is 28.5 Å². The minimum Gasteiger partial charge on any atom is -0.494 e. The summed E-state index contributed by atoms with van der Waals surface area (Å²) < 4.78 is 5.37. The van der Waals surface area contributed by atoms with Crippen LogP contribution in [-0.4, -0.2) is 29.9 Å². The van der Waals surface area contributed by atoms with Gasteiger partial charge in [0.15, 0.2) is 0 Å². The van der Waals surface area contributed by atoms with E-state index in [1.54, 1.807) is 31.2 Å². The quantitative estimate of drug-likeness (QED) is 0.688. The largest absolute Gasteiger partial charge is 0.494 e. The van der Waals surface area contributed by atoms with E-state index in [1.807, 2.05) is 38.1 Å². The van der Waals surface area contributed by atoms with Gasteiger partial charge in [-0.05, 0) is 63.2 Å². The van der Waals surface area contributed by atoms with Crippen molar-refractivity contribution in [1.29, 1.82) is 0 Å². The maximum absolute atomic E-state index is 12.5. The van der Waals surface area contributed by atoms with Crippen molar-refractivity contribution in [3.05, 3.63) is 65.4 Å². The highest BCUT2D eigenvalue weighted by atomic mass is 16.5. The zero-order valence-corrected chi connectivity index (χ0v) is 16.2. The summed E-state index contributed by atoms with van der Waals surface area (Å²) in [4.78, 5) is 29.1. The van der Waals surface area contributed by atoms with Gasteiger partial charge in [-0.15, -0.1) is 0 Å². The lowest BCUT2D eigenvalue weighted by Gasteiger charge is -2.10. The van der Waals surface area contributed by atoms with Gasteiger partial charge in [-0.2, -0.15) is 0 Å². The molecule has 144 valence electrons. The minimum absolute atomic E-state index is 0.128. The zero-order valence-electron chi connectivity index (χ0n) is 16.2. The molecule has 0 bridgehead atoms. The molecule has 0 radical (unpaired) electrons. The fraction of sp³-hybridized carbons (Fsp3) is 0.227. The minimum atomic E-state index is -0.324. The molecule has 0 spiro atoms. The van der Waals surface area contributed by atoms with E-state index in [0.29, 0.717) is 23.6 Å². The molecule has 3 rings (SSSR count). The molecule has 0 saturated heterocycles. The molecule has 6 heteroatoms. The Morgan fingerprint density at radius 2 is 1.79 bits per heavy atom. The molecular weight excluding hydrogens is 354 g/mol. The van der Waals surface area contributed by atoms with Crippen LogP contribution in [0.5, 0.6) is 5.75 Å². The van der Waals surface area contributed by atoms with Crippen LogP contribution in [0.15, 0.2) is 48.5 Å². The highest BCUT2D eigenvalue weighted by molar-refractivity contribution is 6.01. The fourth-order valence-corrected chi connectivity index (χ4v) is 2.88. The summed E-state index contributed by atoms with van der Waals surface area (Å²) in [5, 5.41) is 6.30. The molecule has 0 fully saturated rings. The first-order valence-electron chi connectivity index (χ1n) is 9.15. The van der Waals surface area contributed by atoms with Gasteiger partial charge < -0.3 is 15.4 Å². The Kier molecular flexibility index (Phi) is 5.89. The molecule has 0 aliphatic rings. The number of ether oxygens (including phenoxy) is 1. The van der Waals surface area contributed by atoms with E-state index >= 15 is 0 Å². The topological polar surface area (TPSA) is 80.3 Å². The second kappa shape index (κ2) is 8.52. The Balaban J connectivity index is 1.62. The summed E-state index contributed by atoms with van der Waals surface area (Å²) in [6.45, 7) is 6.14. The monoisotopic (exact) mass is 377 g/mol. The van der Waals surface area contributed by atoms with Gasteiger partial charge in [0.1, 0.15) is 5.75 Å². The second-order valence-corrected chi connectivity index (χ2v) is 6.51. The van der Waals surface area contributed by atoms with Crippen LogP contribution in [0, 0.1) is 13.8 Å². The highest BCUT2D eigenvalue weighted by Gasteiger charge is 2.13. The normalized spacial score (nSPS) is 10.5. The van der Waals surface area contributed by atoms with Crippen LogP contribution in [0.4, 0.5) is 5.69 Å². The van der Waals surface area contributed by atoms with E-state index in [0.717, 1.165) is 22.2 Å². The van der Waals surface area contributed by atoms with Crippen LogP contribution < -0.4 is 15.4 Å². The molecule has 0 atom stereocenters. The number of carbonyl (C=O) groups is 2. The highest BCUT2D eigenvalue weighted by Crippen LogP contribution is 2.18. The molecule has 0 unspecified atom stereocenters. The third-order valence-electron chi connectivity index (χ3n) is 4.26. The average molecular weight is 377 g/mol. The van der Waals surface area contributed by atoms with Crippen LogP contribution in [0.3, 0.4) is 0 Å². The van der Waals surface area contributed by atoms with E-state index in [2.05, 4.69) is 15.6 Å². The summed E-state index contributed by atoms with van der Waals surface area (Å²) in [7, 11) is 0. The third kappa shape index (κ3) is 4.65. The molecule has 2 N–H and O–H groups in total. The number of pyridine rings is 1. The van der Waals surface area contributed by atoms with Crippen molar-refractivity contribution in [2.45, 2.75) is 20.8 Å². The molecule has 2 amide bonds. The lowest BCUT2D eigenvalue weighted by atomic mass is 10.1. The van der Waals surface area contributed by atoms with E-state index < -0.39 is 0 Å². The number of benzene rings is 2. The van der Waals surface area contributed by atoms with Gasteiger partial charge in [-0.25, -0.2) is 0 Å². The van der Waals surface area contributed by atoms with Gasteiger partial charge in [-0.1, -0.05) is 11.6 Å². The van der Waals surface area contributed by atoms with E-state index in [4.69, 9.17) is 4.74 Å². The number of nitrogens with one attached hydrogen (secondary N) is 2. The van der Waals surface area contributed by atoms with Crippen molar-refractivity contribution < 1.29 is 14.3 Å². The van der Waals surface area contributed by atoms with Gasteiger partial charge in [0.05, 0.1) is 29.9 Å². The first-order valence-corrected chi connectivity index (χ1v) is 9.15. The Hall–Kier alpha value is -3.41. The number of carbonyl (C=O) groups excluding carboxylic acids is 2. The Bertz CT molecular complexity index is 1010. The van der Waals surface area contributed by atoms with E-state index in [-0.39, 0.29) is 18.4 Å². The van der Waals surface area contributed by atoms with Crippen molar-refractivity contribution in [3.63, 3.8) is 0 Å². The number of anilines is 1. The van der Waals surface area contributed by atoms with Crippen molar-refractivity contribution in [3.8, 4) is 5.75 Å². The number of aryl methyl sites for hydroxylation is 2. The molecular formula is C22H23N3O3. The Morgan fingerprint density at radius 1 is 1.04 bits per heavy atom. The Labute approximate surface area is 163 Å². The lowest BCUT2D eigenvalue weighted by molar-refractivity contribution is -0.115. The fourth-order valence-electron chi connectivity index (χ4n) is 2.88. The third-order valence-corrected chi connectivity index (χ3v) is 4.26. The van der Waals surface area contributed by atoms with Crippen molar-refractivity contribution in [2.24, 2.45) is 0 Å². The molecule has 28 heavy (non-hydrogen) atoms. The van der Waals surface area contributed by atoms with Gasteiger partial charge in [0, 0.05) is 11.1 Å². The summed E-state index contributed by atoms with van der Waals surface area (Å²) in [5.74, 6) is 0.110. The molecule has 1 aromatic heterocycles. The lowest BCUT2D eigenvalue weighted by Crippen LogP contribution is -2.33. The van der Waals surface area contributed by atoms with Gasteiger partial charge in [0.2, 0.25) is 5.91 Å². The summed E-state index contributed by atoms with van der Waals surface area (Å²) >= 11 is 0. The predicted octanol–water partition coefficient (Wildman–Crippen LogP) is 3.62. The molecule has 0 saturated carbocycles. The van der Waals surface area contributed by atoms with Crippen LogP contribution >= 0.6 is 0 Å². The number of fused-ring (bicyclic) bond motifs is 1. The summed E-state index contributed by atoms with van der Waals surface area (Å²) in [5.41, 5.74) is 3.67. The Morgan fingerprint density at radius 3 is 2.50 bits per heavy atom. The summed E-state index contributed by atoms with van der Waals surface area (Å²) in [6.07, 6.45) is 0. The van der Waals surface area contributed by atoms with Crippen LogP contribution in [0.25, 0.3) is 10.9 Å². The van der Waals surface area contributed by atoms with Crippen molar-refractivity contribution in [2.75, 3.05) is 18.5 Å². The van der Waals surface area contributed by atoms with Gasteiger partial charge in [-0.3, -0.25) is 14.6 Å². The number of aromatic nitrogens is 1. The number of hydrogen-bond donors (Lipinski definition) is 2. The maximum atomic E-state index is 12.5. The number of rotatable bonds is 6. The first-order chi connectivity index (χ1) is 13.5. The average Bonchev–Trinajstić information content (AvgIpc) is 2.67. The van der Waals surface area contributed by atoms with Crippen LogP contribution in [-0.2, 0) is 4.79 Å². The molecule has 3 aromatic rings. The second-order valence-electron chi connectivity index (χ2n) is 6.51. The van der Waals surface area contributed by atoms with Crippen molar-refractivity contribution >= 4 is 28.4 Å². The SMILES string of the molecule is CCOc1ccc(NC(=O)CNC(=O)c2cc3cc(C)ccc3nc2C)cc1. The summed E-state index contributed by atoms with van der Waals surface area (Å²) in [6, 6.07) is 14.8. The number of nitrogens with zero attached hydrogens (tertiary/aromatic N) is 1. The molecule has 1 heterocycles. The maximum Gasteiger partial charge on any atom is 0.253 e. The van der Waals surface area contributed by atoms with E-state index in [1.165, 1.54) is 0 Å². The predicted molar refractivity (Wildman–Crippen MR) is 110 cm³/mol.